The largest absolute Gasteiger partial charge is 0.305 e. The number of aromatic nitrogens is 1. The van der Waals surface area contributed by atoms with Crippen molar-refractivity contribution >= 4 is 34.1 Å². The van der Waals surface area contributed by atoms with E-state index in [-0.39, 0.29) is 5.54 Å². The molecule has 0 aliphatic carbocycles. The standard InChI is InChI=1S/C14H16Cl2N2/c1-14(9-15,10-16)18-8-11-6-12-4-2-3-5-13(12)17-7-11/h2-7,18H,8-10H2,1H3. The molecule has 0 atom stereocenters. The monoisotopic (exact) mass is 282 g/mol. The fraction of sp³-hybridized carbons (Fsp3) is 0.357. The molecule has 1 aromatic carbocycles. The third-order valence-electron chi connectivity index (χ3n) is 2.96. The van der Waals surface area contributed by atoms with Crippen LogP contribution in [0.1, 0.15) is 12.5 Å². The molecule has 4 heteroatoms. The Kier molecular flexibility index (Phi) is 4.44. The lowest BCUT2D eigenvalue weighted by Gasteiger charge is -2.26. The molecule has 18 heavy (non-hydrogen) atoms. The minimum Gasteiger partial charge on any atom is -0.305 e. The molecule has 0 radical (unpaired) electrons. The second-order valence-electron chi connectivity index (χ2n) is 4.72. The van der Waals surface area contributed by atoms with Gasteiger partial charge in [-0.2, -0.15) is 0 Å². The smallest absolute Gasteiger partial charge is 0.0702 e. The molecular formula is C14H16Cl2N2. The molecule has 2 aromatic rings. The highest BCUT2D eigenvalue weighted by Crippen LogP contribution is 2.14. The molecule has 0 fully saturated rings. The molecule has 2 nitrogen and oxygen atoms in total. The van der Waals surface area contributed by atoms with Gasteiger partial charge in [-0.25, -0.2) is 0 Å². The van der Waals surface area contributed by atoms with Gasteiger partial charge in [-0.1, -0.05) is 18.2 Å². The number of nitrogens with zero attached hydrogens (tertiary/aromatic N) is 1. The van der Waals surface area contributed by atoms with Crippen LogP contribution in [0, 0.1) is 0 Å². The number of para-hydroxylation sites is 1. The second kappa shape index (κ2) is 5.87. The number of nitrogens with one attached hydrogen (secondary N) is 1. The summed E-state index contributed by atoms with van der Waals surface area (Å²) in [5, 5.41) is 4.52. The highest BCUT2D eigenvalue weighted by molar-refractivity contribution is 6.22. The summed E-state index contributed by atoms with van der Waals surface area (Å²) in [4.78, 5) is 4.43. The molecule has 2 rings (SSSR count). The van der Waals surface area contributed by atoms with Crippen LogP contribution in [0.25, 0.3) is 10.9 Å². The summed E-state index contributed by atoms with van der Waals surface area (Å²) in [7, 11) is 0. The van der Waals surface area contributed by atoms with Gasteiger partial charge in [0.15, 0.2) is 0 Å². The first-order chi connectivity index (χ1) is 8.67. The summed E-state index contributed by atoms with van der Waals surface area (Å²) < 4.78 is 0. The van der Waals surface area contributed by atoms with Gasteiger partial charge >= 0.3 is 0 Å². The average Bonchev–Trinajstić information content (AvgIpc) is 2.44. The SMILES string of the molecule is CC(CCl)(CCl)NCc1cnc2ccccc2c1. The number of benzene rings is 1. The molecule has 0 spiro atoms. The van der Waals surface area contributed by atoms with Crippen molar-refractivity contribution in [3.8, 4) is 0 Å². The van der Waals surface area contributed by atoms with Gasteiger partial charge in [0, 0.05) is 35.4 Å². The zero-order valence-corrected chi connectivity index (χ0v) is 11.8. The number of hydrogen-bond donors (Lipinski definition) is 1. The van der Waals surface area contributed by atoms with E-state index < -0.39 is 0 Å². The predicted molar refractivity (Wildman–Crippen MR) is 78.4 cm³/mol. The fourth-order valence-corrected chi connectivity index (χ4v) is 2.13. The second-order valence-corrected chi connectivity index (χ2v) is 5.25. The quantitative estimate of drug-likeness (QED) is 0.849. The maximum Gasteiger partial charge on any atom is 0.0702 e. The molecule has 96 valence electrons. The lowest BCUT2D eigenvalue weighted by molar-refractivity contribution is 0.435. The van der Waals surface area contributed by atoms with E-state index in [2.05, 4.69) is 22.4 Å². The normalized spacial score (nSPS) is 11.9. The maximum absolute atomic E-state index is 5.91. The first-order valence-electron chi connectivity index (χ1n) is 5.87. The third-order valence-corrected chi connectivity index (χ3v) is 4.14. The maximum atomic E-state index is 5.91. The number of pyridine rings is 1. The average molecular weight is 283 g/mol. The zero-order valence-electron chi connectivity index (χ0n) is 10.3. The molecule has 0 aliphatic heterocycles. The molecule has 1 heterocycles. The van der Waals surface area contributed by atoms with Crippen molar-refractivity contribution in [3.05, 3.63) is 42.1 Å². The number of hydrogen-bond acceptors (Lipinski definition) is 2. The molecular weight excluding hydrogens is 267 g/mol. The van der Waals surface area contributed by atoms with Gasteiger partial charge in [-0.15, -0.1) is 23.2 Å². The van der Waals surface area contributed by atoms with Crippen LogP contribution in [0.15, 0.2) is 36.5 Å². The van der Waals surface area contributed by atoms with Gasteiger partial charge in [0.25, 0.3) is 0 Å². The Morgan fingerprint density at radius 2 is 1.94 bits per heavy atom. The van der Waals surface area contributed by atoms with Crippen LogP contribution in [-0.2, 0) is 6.54 Å². The summed E-state index contributed by atoms with van der Waals surface area (Å²) >= 11 is 11.8. The van der Waals surface area contributed by atoms with Crippen molar-refractivity contribution in [2.24, 2.45) is 0 Å². The van der Waals surface area contributed by atoms with Gasteiger partial charge in [0.1, 0.15) is 0 Å². The van der Waals surface area contributed by atoms with Crippen LogP contribution in [0.5, 0.6) is 0 Å². The summed E-state index contributed by atoms with van der Waals surface area (Å²) in [6.07, 6.45) is 1.89. The molecule has 0 amide bonds. The minimum absolute atomic E-state index is 0.241. The van der Waals surface area contributed by atoms with E-state index in [4.69, 9.17) is 23.2 Å². The Bertz CT molecular complexity index is 524. The van der Waals surface area contributed by atoms with Crippen LogP contribution in [0.4, 0.5) is 0 Å². The number of fused-ring (bicyclic) bond motifs is 1. The minimum atomic E-state index is -0.241. The Hall–Kier alpha value is -0.830. The molecule has 0 unspecified atom stereocenters. The van der Waals surface area contributed by atoms with Crippen molar-refractivity contribution in [1.82, 2.24) is 10.3 Å². The van der Waals surface area contributed by atoms with E-state index in [0.717, 1.165) is 16.5 Å². The number of alkyl halides is 2. The molecule has 0 saturated heterocycles. The lowest BCUT2D eigenvalue weighted by Crippen LogP contribution is -2.45. The number of halogens is 2. The first kappa shape index (κ1) is 13.6. The van der Waals surface area contributed by atoms with Crippen molar-refractivity contribution in [3.63, 3.8) is 0 Å². The van der Waals surface area contributed by atoms with Gasteiger partial charge in [-0.05, 0) is 24.6 Å². The van der Waals surface area contributed by atoms with E-state index in [1.165, 1.54) is 0 Å². The fourth-order valence-electron chi connectivity index (χ4n) is 1.66. The van der Waals surface area contributed by atoms with Crippen molar-refractivity contribution in [2.75, 3.05) is 11.8 Å². The lowest BCUT2D eigenvalue weighted by atomic mass is 10.1. The summed E-state index contributed by atoms with van der Waals surface area (Å²) in [5.41, 5.74) is 1.91. The van der Waals surface area contributed by atoms with E-state index in [0.29, 0.717) is 18.3 Å². The van der Waals surface area contributed by atoms with Crippen LogP contribution in [0.2, 0.25) is 0 Å². The van der Waals surface area contributed by atoms with Crippen molar-refractivity contribution < 1.29 is 0 Å². The molecule has 0 saturated carbocycles. The van der Waals surface area contributed by atoms with E-state index in [9.17, 15) is 0 Å². The Balaban J connectivity index is 2.12. The van der Waals surface area contributed by atoms with Gasteiger partial charge in [-0.3, -0.25) is 4.98 Å². The molecule has 0 aliphatic rings. The Labute approximate surface area is 117 Å². The highest BCUT2D eigenvalue weighted by atomic mass is 35.5. The molecule has 0 bridgehead atoms. The van der Waals surface area contributed by atoms with Crippen molar-refractivity contribution in [1.29, 1.82) is 0 Å². The van der Waals surface area contributed by atoms with Gasteiger partial charge in [0.2, 0.25) is 0 Å². The topological polar surface area (TPSA) is 24.9 Å². The summed E-state index contributed by atoms with van der Waals surface area (Å²) in [6, 6.07) is 10.2. The summed E-state index contributed by atoms with van der Waals surface area (Å²) in [5.74, 6) is 0.967. The van der Waals surface area contributed by atoms with Crippen LogP contribution >= 0.6 is 23.2 Å². The van der Waals surface area contributed by atoms with E-state index >= 15 is 0 Å². The van der Waals surface area contributed by atoms with E-state index in [1.54, 1.807) is 0 Å². The molecule has 1 aromatic heterocycles. The first-order valence-corrected chi connectivity index (χ1v) is 6.94. The Morgan fingerprint density at radius 1 is 1.22 bits per heavy atom. The van der Waals surface area contributed by atoms with Gasteiger partial charge in [0.05, 0.1) is 5.52 Å². The van der Waals surface area contributed by atoms with Crippen LogP contribution < -0.4 is 5.32 Å². The van der Waals surface area contributed by atoms with Crippen LogP contribution in [0.3, 0.4) is 0 Å². The summed E-state index contributed by atoms with van der Waals surface area (Å²) in [6.45, 7) is 2.73. The molecule has 1 N–H and O–H groups in total. The van der Waals surface area contributed by atoms with E-state index in [1.807, 2.05) is 31.3 Å². The zero-order chi connectivity index (χ0) is 13.0. The van der Waals surface area contributed by atoms with Gasteiger partial charge < -0.3 is 5.32 Å². The third kappa shape index (κ3) is 3.14. The van der Waals surface area contributed by atoms with Crippen LogP contribution in [-0.4, -0.2) is 22.3 Å². The Morgan fingerprint density at radius 3 is 2.67 bits per heavy atom. The van der Waals surface area contributed by atoms with Crippen molar-refractivity contribution in [2.45, 2.75) is 19.0 Å². The predicted octanol–water partition coefficient (Wildman–Crippen LogP) is 3.56. The number of rotatable bonds is 5. The highest BCUT2D eigenvalue weighted by Gasteiger charge is 2.20.